The van der Waals surface area contributed by atoms with Crippen molar-refractivity contribution in [1.82, 2.24) is 4.90 Å². The minimum atomic E-state index is 0.333. The first-order valence-electron chi connectivity index (χ1n) is 7.00. The second-order valence-electron chi connectivity index (χ2n) is 5.51. The van der Waals surface area contributed by atoms with Crippen LogP contribution in [0.2, 0.25) is 0 Å². The molecule has 2 heterocycles. The monoisotopic (exact) mass is 267 g/mol. The summed E-state index contributed by atoms with van der Waals surface area (Å²) in [5.74, 6) is 1.75. The number of rotatable bonds is 0. The number of benzene rings is 2. The number of hydrogen-bond donors (Lipinski definition) is 0. The van der Waals surface area contributed by atoms with Crippen LogP contribution in [0.15, 0.2) is 36.4 Å². The van der Waals surface area contributed by atoms with E-state index in [9.17, 15) is 0 Å². The number of hydrogen-bond acceptors (Lipinski definition) is 3. The van der Waals surface area contributed by atoms with Crippen LogP contribution in [0.5, 0.6) is 11.5 Å². The smallest absolute Gasteiger partial charge is 0.231 e. The van der Waals surface area contributed by atoms with Crippen molar-refractivity contribution >= 4 is 0 Å². The van der Waals surface area contributed by atoms with E-state index in [0.717, 1.165) is 31.0 Å². The van der Waals surface area contributed by atoms with Gasteiger partial charge in [-0.15, -0.1) is 0 Å². The molecule has 4 rings (SSSR count). The van der Waals surface area contributed by atoms with Gasteiger partial charge in [-0.25, -0.2) is 0 Å². The largest absolute Gasteiger partial charge is 0.454 e. The first-order valence-corrected chi connectivity index (χ1v) is 7.00. The molecule has 0 saturated heterocycles. The van der Waals surface area contributed by atoms with E-state index >= 15 is 0 Å². The maximum absolute atomic E-state index is 5.54. The Morgan fingerprint density at radius 3 is 2.65 bits per heavy atom. The van der Waals surface area contributed by atoms with Crippen molar-refractivity contribution in [3.63, 3.8) is 0 Å². The fraction of sp³-hybridized carbons (Fsp3) is 0.294. The molecule has 0 unspecified atom stereocenters. The number of nitrogens with zero attached hydrogens (tertiary/aromatic N) is 1. The van der Waals surface area contributed by atoms with Crippen molar-refractivity contribution < 1.29 is 9.47 Å². The third-order valence-electron chi connectivity index (χ3n) is 4.11. The highest BCUT2D eigenvalue weighted by Crippen LogP contribution is 2.40. The van der Waals surface area contributed by atoms with Crippen molar-refractivity contribution in [1.29, 1.82) is 0 Å². The van der Waals surface area contributed by atoms with E-state index in [-0.39, 0.29) is 0 Å². The Morgan fingerprint density at radius 2 is 1.75 bits per heavy atom. The lowest BCUT2D eigenvalue weighted by Gasteiger charge is -2.24. The average Bonchev–Trinajstić information content (AvgIpc) is 2.90. The highest BCUT2D eigenvalue weighted by atomic mass is 16.7. The molecule has 0 N–H and O–H groups in total. The molecule has 102 valence electrons. The van der Waals surface area contributed by atoms with Gasteiger partial charge in [0.25, 0.3) is 0 Å². The van der Waals surface area contributed by atoms with E-state index in [1.807, 2.05) is 0 Å². The van der Waals surface area contributed by atoms with E-state index in [1.165, 1.54) is 22.3 Å². The van der Waals surface area contributed by atoms with Gasteiger partial charge in [-0.05, 0) is 47.9 Å². The second kappa shape index (κ2) is 4.53. The Morgan fingerprint density at radius 1 is 0.950 bits per heavy atom. The van der Waals surface area contributed by atoms with Gasteiger partial charge in [0, 0.05) is 13.1 Å². The van der Waals surface area contributed by atoms with Crippen LogP contribution in [-0.4, -0.2) is 25.3 Å². The molecule has 2 aliphatic rings. The standard InChI is InChI=1S/C17H17NO2/c1-18-7-6-12-8-16-17(20-11-19-16)9-15(12)14-5-3-2-4-13(14)10-18/h2-5,8-9H,6-7,10-11H2,1H3. The van der Waals surface area contributed by atoms with Crippen LogP contribution in [0.25, 0.3) is 11.1 Å². The quantitative estimate of drug-likeness (QED) is 0.732. The summed E-state index contributed by atoms with van der Waals surface area (Å²) >= 11 is 0. The van der Waals surface area contributed by atoms with Crippen molar-refractivity contribution in [2.24, 2.45) is 0 Å². The van der Waals surface area contributed by atoms with Gasteiger partial charge in [0.1, 0.15) is 0 Å². The molecule has 0 spiro atoms. The average molecular weight is 267 g/mol. The molecule has 0 radical (unpaired) electrons. The molecule has 0 aromatic heterocycles. The normalized spacial score (nSPS) is 17.1. The van der Waals surface area contributed by atoms with Crippen LogP contribution in [-0.2, 0) is 13.0 Å². The van der Waals surface area contributed by atoms with Gasteiger partial charge < -0.3 is 14.4 Å². The van der Waals surface area contributed by atoms with Crippen LogP contribution < -0.4 is 9.47 Å². The maximum atomic E-state index is 5.54. The minimum Gasteiger partial charge on any atom is -0.454 e. The summed E-state index contributed by atoms with van der Waals surface area (Å²) in [6.07, 6.45) is 1.04. The van der Waals surface area contributed by atoms with Crippen LogP contribution in [0.3, 0.4) is 0 Å². The molecule has 20 heavy (non-hydrogen) atoms. The summed E-state index contributed by atoms with van der Waals surface area (Å²) in [5.41, 5.74) is 5.31. The Labute approximate surface area is 118 Å². The molecule has 2 aliphatic heterocycles. The van der Waals surface area contributed by atoms with Crippen LogP contribution in [0, 0.1) is 0 Å². The van der Waals surface area contributed by atoms with Gasteiger partial charge in [-0.2, -0.15) is 0 Å². The van der Waals surface area contributed by atoms with Crippen molar-refractivity contribution in [3.8, 4) is 22.6 Å². The second-order valence-corrected chi connectivity index (χ2v) is 5.51. The van der Waals surface area contributed by atoms with E-state index < -0.39 is 0 Å². The topological polar surface area (TPSA) is 21.7 Å². The van der Waals surface area contributed by atoms with Crippen LogP contribution >= 0.6 is 0 Å². The molecule has 0 amide bonds. The molecule has 2 aromatic rings. The zero-order valence-electron chi connectivity index (χ0n) is 11.6. The maximum Gasteiger partial charge on any atom is 0.231 e. The lowest BCUT2D eigenvalue weighted by Crippen LogP contribution is -2.23. The predicted molar refractivity (Wildman–Crippen MR) is 78.0 cm³/mol. The van der Waals surface area contributed by atoms with Gasteiger partial charge in [0.05, 0.1) is 0 Å². The van der Waals surface area contributed by atoms with E-state index in [0.29, 0.717) is 6.79 Å². The summed E-state index contributed by atoms with van der Waals surface area (Å²) in [5, 5.41) is 0. The number of ether oxygens (including phenoxy) is 2. The Hall–Kier alpha value is -2.00. The Balaban J connectivity index is 1.93. The Kier molecular flexibility index (Phi) is 2.67. The van der Waals surface area contributed by atoms with Crippen molar-refractivity contribution in [3.05, 3.63) is 47.5 Å². The molecule has 0 bridgehead atoms. The van der Waals surface area contributed by atoms with Gasteiger partial charge in [-0.3, -0.25) is 0 Å². The third kappa shape index (κ3) is 1.86. The lowest BCUT2D eigenvalue weighted by molar-refractivity contribution is 0.174. The van der Waals surface area contributed by atoms with Gasteiger partial charge in [0.2, 0.25) is 6.79 Å². The first-order chi connectivity index (χ1) is 9.81. The number of likely N-dealkylation sites (N-methyl/N-ethyl adjacent to an activating group) is 1. The lowest BCUT2D eigenvalue weighted by atomic mass is 9.91. The molecule has 3 heteroatoms. The summed E-state index contributed by atoms with van der Waals surface area (Å²) in [4.78, 5) is 2.37. The zero-order chi connectivity index (χ0) is 13.5. The first kappa shape index (κ1) is 11.8. The van der Waals surface area contributed by atoms with E-state index in [4.69, 9.17) is 9.47 Å². The van der Waals surface area contributed by atoms with Crippen LogP contribution in [0.4, 0.5) is 0 Å². The summed E-state index contributed by atoms with van der Waals surface area (Å²) in [6.45, 7) is 2.38. The zero-order valence-corrected chi connectivity index (χ0v) is 11.6. The van der Waals surface area contributed by atoms with Crippen molar-refractivity contribution in [2.75, 3.05) is 20.4 Å². The molecular formula is C17H17NO2. The minimum absolute atomic E-state index is 0.333. The molecule has 3 nitrogen and oxygen atoms in total. The number of fused-ring (bicyclic) bond motifs is 4. The van der Waals surface area contributed by atoms with Gasteiger partial charge >= 0.3 is 0 Å². The molecule has 0 saturated carbocycles. The fourth-order valence-corrected chi connectivity index (χ4v) is 3.04. The molecule has 2 aromatic carbocycles. The van der Waals surface area contributed by atoms with Crippen molar-refractivity contribution in [2.45, 2.75) is 13.0 Å². The molecular weight excluding hydrogens is 250 g/mol. The summed E-state index contributed by atoms with van der Waals surface area (Å²) in [7, 11) is 2.18. The molecule has 0 fully saturated rings. The third-order valence-corrected chi connectivity index (χ3v) is 4.11. The van der Waals surface area contributed by atoms with E-state index in [2.05, 4.69) is 48.3 Å². The highest BCUT2D eigenvalue weighted by Gasteiger charge is 2.21. The van der Waals surface area contributed by atoms with Gasteiger partial charge in [-0.1, -0.05) is 24.3 Å². The highest BCUT2D eigenvalue weighted by molar-refractivity contribution is 5.74. The predicted octanol–water partition coefficient (Wildman–Crippen LogP) is 3.07. The van der Waals surface area contributed by atoms with E-state index in [1.54, 1.807) is 0 Å². The Bertz CT molecular complexity index is 666. The van der Waals surface area contributed by atoms with Crippen LogP contribution in [0.1, 0.15) is 11.1 Å². The molecule has 0 aliphatic carbocycles. The SMILES string of the molecule is CN1CCc2cc3c(cc2-c2ccccc2C1)OCO3. The van der Waals surface area contributed by atoms with Gasteiger partial charge in [0.15, 0.2) is 11.5 Å². The molecule has 0 atom stereocenters. The summed E-state index contributed by atoms with van der Waals surface area (Å²) < 4.78 is 11.1. The fourth-order valence-electron chi connectivity index (χ4n) is 3.04. The summed E-state index contributed by atoms with van der Waals surface area (Å²) in [6, 6.07) is 12.9.